The lowest BCUT2D eigenvalue weighted by Crippen LogP contribution is -2.40. The van der Waals surface area contributed by atoms with Crippen LogP contribution >= 0.6 is 0 Å². The number of nitrogens with zero attached hydrogens (tertiary/aromatic N) is 1. The summed E-state index contributed by atoms with van der Waals surface area (Å²) in [7, 11) is 3.16. The monoisotopic (exact) mass is 493 g/mol. The molecule has 0 radical (unpaired) electrons. The third-order valence-electron chi connectivity index (χ3n) is 5.89. The zero-order chi connectivity index (χ0) is 25.9. The molecule has 0 heterocycles. The fourth-order valence-electron chi connectivity index (χ4n) is 3.82. The van der Waals surface area contributed by atoms with Crippen molar-refractivity contribution >= 4 is 17.6 Å². The molecule has 0 bridgehead atoms. The van der Waals surface area contributed by atoms with Crippen molar-refractivity contribution in [1.82, 2.24) is 10.2 Å². The Hall–Kier alpha value is -4.07. The summed E-state index contributed by atoms with van der Waals surface area (Å²) < 4.78 is 24.7. The van der Waals surface area contributed by atoms with E-state index in [9.17, 15) is 14.0 Å². The molecule has 2 N–H and O–H groups in total. The summed E-state index contributed by atoms with van der Waals surface area (Å²) >= 11 is 0. The van der Waals surface area contributed by atoms with Gasteiger partial charge in [0, 0.05) is 19.5 Å². The van der Waals surface area contributed by atoms with E-state index in [1.54, 1.807) is 26.4 Å². The molecule has 1 unspecified atom stereocenters. The number of para-hydroxylation sites is 1. The van der Waals surface area contributed by atoms with Gasteiger partial charge < -0.3 is 25.0 Å². The fraction of sp³-hybridized carbons (Fsp3) is 0.286. The van der Waals surface area contributed by atoms with E-state index in [1.807, 2.05) is 55.5 Å². The van der Waals surface area contributed by atoms with E-state index < -0.39 is 11.8 Å². The molecule has 0 aliphatic heterocycles. The van der Waals surface area contributed by atoms with Gasteiger partial charge in [-0.2, -0.15) is 0 Å². The Morgan fingerprint density at radius 1 is 0.944 bits per heavy atom. The van der Waals surface area contributed by atoms with Crippen LogP contribution in [-0.2, 0) is 11.2 Å². The Kier molecular flexibility index (Phi) is 9.68. The van der Waals surface area contributed by atoms with Crippen LogP contribution in [0.4, 0.5) is 14.9 Å². The number of carbonyl (C=O) groups is 2. The summed E-state index contributed by atoms with van der Waals surface area (Å²) in [6.07, 6.45) is 0.720. The van der Waals surface area contributed by atoms with Gasteiger partial charge in [-0.15, -0.1) is 0 Å². The molecule has 0 aromatic heterocycles. The van der Waals surface area contributed by atoms with Crippen LogP contribution < -0.4 is 20.1 Å². The summed E-state index contributed by atoms with van der Waals surface area (Å²) in [6.45, 7) is 2.48. The minimum atomic E-state index is -0.522. The van der Waals surface area contributed by atoms with Crippen LogP contribution in [0.15, 0.2) is 72.8 Å². The van der Waals surface area contributed by atoms with Crippen molar-refractivity contribution in [3.05, 3.63) is 89.7 Å². The molecule has 36 heavy (non-hydrogen) atoms. The number of urea groups is 1. The lowest BCUT2D eigenvalue weighted by Gasteiger charge is -2.30. The Balaban J connectivity index is 1.60. The van der Waals surface area contributed by atoms with Crippen LogP contribution in [0.2, 0.25) is 0 Å². The number of rotatable bonds is 11. The molecule has 3 aromatic carbocycles. The van der Waals surface area contributed by atoms with Crippen molar-refractivity contribution in [3.8, 4) is 11.5 Å². The van der Waals surface area contributed by atoms with Crippen molar-refractivity contribution < 1.29 is 23.5 Å². The molecular formula is C28H32FN3O4. The van der Waals surface area contributed by atoms with Gasteiger partial charge in [0.1, 0.15) is 5.82 Å². The molecule has 0 spiro atoms. The second-order valence-corrected chi connectivity index (χ2v) is 8.23. The number of carbonyl (C=O) groups excluding carboxylic acids is 2. The summed E-state index contributed by atoms with van der Waals surface area (Å²) in [5.41, 5.74) is 2.00. The first-order chi connectivity index (χ1) is 17.4. The van der Waals surface area contributed by atoms with E-state index in [1.165, 1.54) is 17.0 Å². The van der Waals surface area contributed by atoms with Gasteiger partial charge in [-0.3, -0.25) is 4.79 Å². The summed E-state index contributed by atoms with van der Waals surface area (Å²) in [5, 5.41) is 5.53. The number of methoxy groups -OCH3 is 2. The molecule has 8 heteroatoms. The Labute approximate surface area is 211 Å². The molecule has 0 saturated carbocycles. The van der Waals surface area contributed by atoms with Gasteiger partial charge in [-0.1, -0.05) is 48.5 Å². The molecule has 0 aliphatic rings. The number of halogens is 1. The molecule has 3 amide bonds. The average Bonchev–Trinajstić information content (AvgIpc) is 2.90. The Bertz CT molecular complexity index is 1160. The smallest absolute Gasteiger partial charge is 0.322 e. The third-order valence-corrected chi connectivity index (χ3v) is 5.89. The number of ether oxygens (including phenoxy) is 2. The van der Waals surface area contributed by atoms with Crippen LogP contribution in [0.5, 0.6) is 11.5 Å². The highest BCUT2D eigenvalue weighted by Gasteiger charge is 2.23. The minimum Gasteiger partial charge on any atom is -0.493 e. The van der Waals surface area contributed by atoms with E-state index in [0.717, 1.165) is 11.1 Å². The summed E-state index contributed by atoms with van der Waals surface area (Å²) in [6, 6.07) is 20.3. The lowest BCUT2D eigenvalue weighted by atomic mass is 10.1. The van der Waals surface area contributed by atoms with Crippen molar-refractivity contribution in [2.24, 2.45) is 0 Å². The van der Waals surface area contributed by atoms with Crippen LogP contribution in [-0.4, -0.2) is 44.1 Å². The largest absolute Gasteiger partial charge is 0.493 e. The second kappa shape index (κ2) is 13.1. The molecular weight excluding hydrogens is 461 g/mol. The van der Waals surface area contributed by atoms with Crippen LogP contribution in [0.3, 0.4) is 0 Å². The topological polar surface area (TPSA) is 79.9 Å². The predicted octanol–water partition coefficient (Wildman–Crippen LogP) is 5.19. The summed E-state index contributed by atoms with van der Waals surface area (Å²) in [4.78, 5) is 27.2. The molecule has 0 saturated heterocycles. The molecule has 190 valence electrons. The van der Waals surface area contributed by atoms with Crippen molar-refractivity contribution in [1.29, 1.82) is 0 Å². The Morgan fingerprint density at radius 2 is 1.64 bits per heavy atom. The molecule has 3 rings (SSSR count). The normalized spacial score (nSPS) is 11.3. The van der Waals surface area contributed by atoms with Crippen molar-refractivity contribution in [2.45, 2.75) is 25.8 Å². The number of hydrogen-bond acceptors (Lipinski definition) is 4. The molecule has 0 aliphatic carbocycles. The summed E-state index contributed by atoms with van der Waals surface area (Å²) in [5.74, 6) is 0.574. The van der Waals surface area contributed by atoms with Gasteiger partial charge in [0.05, 0.1) is 25.9 Å². The third kappa shape index (κ3) is 7.21. The SMILES string of the molecule is COc1ccc(CCNC(=O)CCN(C(=O)Nc2ccccc2F)C(C)c2ccccc2)cc1OC. The van der Waals surface area contributed by atoms with Gasteiger partial charge in [0.2, 0.25) is 5.91 Å². The second-order valence-electron chi connectivity index (χ2n) is 8.23. The zero-order valence-corrected chi connectivity index (χ0v) is 20.8. The van der Waals surface area contributed by atoms with Crippen molar-refractivity contribution in [3.63, 3.8) is 0 Å². The van der Waals surface area contributed by atoms with E-state index in [2.05, 4.69) is 10.6 Å². The quantitative estimate of drug-likeness (QED) is 0.385. The van der Waals surface area contributed by atoms with Crippen LogP contribution in [0.25, 0.3) is 0 Å². The number of nitrogens with one attached hydrogen (secondary N) is 2. The fourth-order valence-corrected chi connectivity index (χ4v) is 3.82. The van der Waals surface area contributed by atoms with Gasteiger partial charge >= 0.3 is 6.03 Å². The maximum absolute atomic E-state index is 14.1. The van der Waals surface area contributed by atoms with E-state index in [0.29, 0.717) is 24.5 Å². The van der Waals surface area contributed by atoms with E-state index in [-0.39, 0.29) is 30.6 Å². The van der Waals surface area contributed by atoms with Crippen LogP contribution in [0.1, 0.15) is 30.5 Å². The number of benzene rings is 3. The van der Waals surface area contributed by atoms with Gasteiger partial charge in [-0.05, 0) is 48.7 Å². The number of amides is 3. The lowest BCUT2D eigenvalue weighted by molar-refractivity contribution is -0.121. The highest BCUT2D eigenvalue weighted by atomic mass is 19.1. The van der Waals surface area contributed by atoms with E-state index >= 15 is 0 Å². The standard InChI is InChI=1S/C28H32FN3O4/c1-20(22-9-5-4-6-10-22)32(28(34)31-24-12-8-7-11-23(24)29)18-16-27(33)30-17-15-21-13-14-25(35-2)26(19-21)36-3/h4-14,19-20H,15-18H2,1-3H3,(H,30,33)(H,31,34). The zero-order valence-electron chi connectivity index (χ0n) is 20.8. The van der Waals surface area contributed by atoms with Gasteiger partial charge in [0.15, 0.2) is 11.5 Å². The predicted molar refractivity (Wildman–Crippen MR) is 138 cm³/mol. The molecule has 3 aromatic rings. The first-order valence-corrected chi connectivity index (χ1v) is 11.8. The van der Waals surface area contributed by atoms with Gasteiger partial charge in [0.25, 0.3) is 0 Å². The van der Waals surface area contributed by atoms with Crippen molar-refractivity contribution in [2.75, 3.05) is 32.6 Å². The first kappa shape index (κ1) is 26.5. The molecule has 1 atom stereocenters. The minimum absolute atomic E-state index is 0.0899. The first-order valence-electron chi connectivity index (χ1n) is 11.8. The van der Waals surface area contributed by atoms with E-state index in [4.69, 9.17) is 9.47 Å². The van der Waals surface area contributed by atoms with Crippen LogP contribution in [0, 0.1) is 5.82 Å². The average molecular weight is 494 g/mol. The maximum atomic E-state index is 14.1. The van der Waals surface area contributed by atoms with Gasteiger partial charge in [-0.25, -0.2) is 9.18 Å². The molecule has 7 nitrogen and oxygen atoms in total. The maximum Gasteiger partial charge on any atom is 0.322 e. The Morgan fingerprint density at radius 3 is 2.33 bits per heavy atom. The number of anilines is 1. The highest BCUT2D eigenvalue weighted by molar-refractivity contribution is 5.90. The highest BCUT2D eigenvalue weighted by Crippen LogP contribution is 2.27. The number of hydrogen-bond donors (Lipinski definition) is 2. The molecule has 0 fully saturated rings.